The van der Waals surface area contributed by atoms with E-state index in [0.717, 1.165) is 11.1 Å². The van der Waals surface area contributed by atoms with Gasteiger partial charge >= 0.3 is 0 Å². The molecule has 0 heteroatoms. The van der Waals surface area contributed by atoms with Gasteiger partial charge in [0.2, 0.25) is 0 Å². The van der Waals surface area contributed by atoms with Crippen LogP contribution in [0.1, 0.15) is 27.7 Å². The zero-order chi connectivity index (χ0) is 9.40. The fraction of sp³-hybridized carbons (Fsp3) is 0.333. The molecule has 62 valence electrons. The standard InChI is InChI=1S/C12H14/c1-5-9-11(7-3)12(8-4)10-6-2/h7-8H,1-4H3/b11-7+,12-8+. The summed E-state index contributed by atoms with van der Waals surface area (Å²) in [5.41, 5.74) is 2.02. The Morgan fingerprint density at radius 3 is 1.33 bits per heavy atom. The molecule has 0 radical (unpaired) electrons. The highest BCUT2D eigenvalue weighted by atomic mass is 14.0. The summed E-state index contributed by atoms with van der Waals surface area (Å²) in [4.78, 5) is 0. The SMILES string of the molecule is CC#CC(=C\C)/C(C#CC)=C/C. The van der Waals surface area contributed by atoms with Crippen molar-refractivity contribution in [2.24, 2.45) is 0 Å². The summed E-state index contributed by atoms with van der Waals surface area (Å²) in [5, 5.41) is 0. The van der Waals surface area contributed by atoms with Crippen LogP contribution in [-0.4, -0.2) is 0 Å². The maximum atomic E-state index is 3.01. The molecule has 0 amide bonds. The molecule has 0 aromatic carbocycles. The Morgan fingerprint density at radius 2 is 1.17 bits per heavy atom. The van der Waals surface area contributed by atoms with Gasteiger partial charge in [0.25, 0.3) is 0 Å². The third kappa shape index (κ3) is 3.13. The fourth-order valence-electron chi connectivity index (χ4n) is 0.859. The Labute approximate surface area is 75.4 Å². The highest BCUT2D eigenvalue weighted by Crippen LogP contribution is 2.06. The maximum Gasteiger partial charge on any atom is 0.0355 e. The van der Waals surface area contributed by atoms with E-state index in [0.29, 0.717) is 0 Å². The molecule has 0 rings (SSSR count). The van der Waals surface area contributed by atoms with Gasteiger partial charge in [-0.1, -0.05) is 24.0 Å². The smallest absolute Gasteiger partial charge is 0.0355 e. The topological polar surface area (TPSA) is 0 Å². The summed E-state index contributed by atoms with van der Waals surface area (Å²) in [6.07, 6.45) is 3.96. The molecule has 12 heavy (non-hydrogen) atoms. The van der Waals surface area contributed by atoms with Crippen LogP contribution in [0.3, 0.4) is 0 Å². The van der Waals surface area contributed by atoms with Crippen molar-refractivity contribution in [3.05, 3.63) is 23.3 Å². The van der Waals surface area contributed by atoms with Crippen molar-refractivity contribution in [3.8, 4) is 23.7 Å². The molecule has 0 aliphatic rings. The monoisotopic (exact) mass is 158 g/mol. The van der Waals surface area contributed by atoms with Gasteiger partial charge in [-0.25, -0.2) is 0 Å². The number of hydrogen-bond acceptors (Lipinski definition) is 0. The van der Waals surface area contributed by atoms with Crippen LogP contribution < -0.4 is 0 Å². The van der Waals surface area contributed by atoms with E-state index in [-0.39, 0.29) is 0 Å². The van der Waals surface area contributed by atoms with Crippen molar-refractivity contribution >= 4 is 0 Å². The Bertz CT molecular complexity index is 271. The number of hydrogen-bond donors (Lipinski definition) is 0. The van der Waals surface area contributed by atoms with E-state index in [4.69, 9.17) is 0 Å². The Morgan fingerprint density at radius 1 is 0.833 bits per heavy atom. The summed E-state index contributed by atoms with van der Waals surface area (Å²) >= 11 is 0. The molecule has 0 unspecified atom stereocenters. The van der Waals surface area contributed by atoms with Gasteiger partial charge < -0.3 is 0 Å². The minimum absolute atomic E-state index is 1.01. The van der Waals surface area contributed by atoms with Crippen molar-refractivity contribution < 1.29 is 0 Å². The van der Waals surface area contributed by atoms with Gasteiger partial charge in [-0.15, -0.1) is 11.8 Å². The van der Waals surface area contributed by atoms with E-state index in [1.54, 1.807) is 0 Å². The first kappa shape index (κ1) is 10.6. The highest BCUT2D eigenvalue weighted by Gasteiger charge is 1.94. The van der Waals surface area contributed by atoms with Crippen LogP contribution in [0.25, 0.3) is 0 Å². The molecule has 0 heterocycles. The molecule has 0 aliphatic carbocycles. The molecular weight excluding hydrogens is 144 g/mol. The second kappa shape index (κ2) is 6.32. The lowest BCUT2D eigenvalue weighted by atomic mass is 10.1. The third-order valence-corrected chi connectivity index (χ3v) is 1.39. The molecule has 0 aromatic heterocycles. The molecular formula is C12H14. The first-order valence-electron chi connectivity index (χ1n) is 3.98. The third-order valence-electron chi connectivity index (χ3n) is 1.39. The van der Waals surface area contributed by atoms with Crippen molar-refractivity contribution in [3.63, 3.8) is 0 Å². The van der Waals surface area contributed by atoms with Gasteiger partial charge in [0, 0.05) is 11.1 Å². The Balaban J connectivity index is 4.89. The lowest BCUT2D eigenvalue weighted by Gasteiger charge is -1.95. The Kier molecular flexibility index (Phi) is 5.58. The Hall–Kier alpha value is -1.40. The van der Waals surface area contributed by atoms with Gasteiger partial charge in [-0.2, -0.15) is 0 Å². The molecule has 0 nitrogen and oxygen atoms in total. The van der Waals surface area contributed by atoms with Crippen molar-refractivity contribution in [1.82, 2.24) is 0 Å². The zero-order valence-electron chi connectivity index (χ0n) is 8.15. The van der Waals surface area contributed by atoms with Crippen molar-refractivity contribution in [2.45, 2.75) is 27.7 Å². The van der Waals surface area contributed by atoms with Crippen LogP contribution in [0.2, 0.25) is 0 Å². The van der Waals surface area contributed by atoms with E-state index in [1.807, 2.05) is 39.8 Å². The summed E-state index contributed by atoms with van der Waals surface area (Å²) in [5.74, 6) is 11.7. The molecule has 0 aromatic rings. The summed E-state index contributed by atoms with van der Waals surface area (Å²) in [6, 6.07) is 0. The first-order valence-corrected chi connectivity index (χ1v) is 3.98. The van der Waals surface area contributed by atoms with E-state index in [9.17, 15) is 0 Å². The van der Waals surface area contributed by atoms with E-state index >= 15 is 0 Å². The molecule has 0 bridgehead atoms. The fourth-order valence-corrected chi connectivity index (χ4v) is 0.859. The van der Waals surface area contributed by atoms with Gasteiger partial charge in [0.15, 0.2) is 0 Å². The average molecular weight is 158 g/mol. The molecule has 0 saturated carbocycles. The minimum atomic E-state index is 1.01. The minimum Gasteiger partial charge on any atom is -0.101 e. The first-order chi connectivity index (χ1) is 5.79. The van der Waals surface area contributed by atoms with Crippen LogP contribution >= 0.6 is 0 Å². The molecule has 0 fully saturated rings. The largest absolute Gasteiger partial charge is 0.101 e. The average Bonchev–Trinajstić information content (AvgIpc) is 2.11. The van der Waals surface area contributed by atoms with Crippen molar-refractivity contribution in [2.75, 3.05) is 0 Å². The highest BCUT2D eigenvalue weighted by molar-refractivity contribution is 5.53. The van der Waals surface area contributed by atoms with Gasteiger partial charge in [0.05, 0.1) is 0 Å². The molecule has 0 aliphatic heterocycles. The summed E-state index contributed by atoms with van der Waals surface area (Å²) < 4.78 is 0. The lowest BCUT2D eigenvalue weighted by Crippen LogP contribution is -1.82. The van der Waals surface area contributed by atoms with Crippen molar-refractivity contribution in [1.29, 1.82) is 0 Å². The number of allylic oxidation sites excluding steroid dienone is 4. The van der Waals surface area contributed by atoms with E-state index < -0.39 is 0 Å². The molecule has 0 saturated heterocycles. The predicted molar refractivity (Wildman–Crippen MR) is 54.4 cm³/mol. The van der Waals surface area contributed by atoms with E-state index in [2.05, 4.69) is 23.7 Å². The normalized spacial score (nSPS) is 11.0. The van der Waals surface area contributed by atoms with Crippen LogP contribution in [0.15, 0.2) is 23.3 Å². The van der Waals surface area contributed by atoms with E-state index in [1.165, 1.54) is 0 Å². The second-order valence-electron chi connectivity index (χ2n) is 2.15. The van der Waals surface area contributed by atoms with Crippen LogP contribution in [-0.2, 0) is 0 Å². The summed E-state index contributed by atoms with van der Waals surface area (Å²) in [6.45, 7) is 7.60. The van der Waals surface area contributed by atoms with Crippen LogP contribution in [0.5, 0.6) is 0 Å². The quantitative estimate of drug-likeness (QED) is 0.406. The molecule has 0 spiro atoms. The second-order valence-corrected chi connectivity index (χ2v) is 2.15. The van der Waals surface area contributed by atoms with Gasteiger partial charge in [-0.05, 0) is 27.7 Å². The predicted octanol–water partition coefficient (Wildman–Crippen LogP) is 2.93. The zero-order valence-corrected chi connectivity index (χ0v) is 8.15. The lowest BCUT2D eigenvalue weighted by molar-refractivity contribution is 1.52. The number of rotatable bonds is 1. The van der Waals surface area contributed by atoms with Gasteiger partial charge in [0.1, 0.15) is 0 Å². The molecule has 0 N–H and O–H groups in total. The van der Waals surface area contributed by atoms with Gasteiger partial charge in [-0.3, -0.25) is 0 Å². The van der Waals surface area contributed by atoms with Crippen LogP contribution in [0.4, 0.5) is 0 Å². The van der Waals surface area contributed by atoms with Crippen LogP contribution in [0, 0.1) is 23.7 Å². The maximum absolute atomic E-state index is 3.01. The summed E-state index contributed by atoms with van der Waals surface area (Å²) in [7, 11) is 0. The molecule has 0 atom stereocenters.